The molecule has 0 unspecified atom stereocenters. The number of piperidine rings is 1. The van der Waals surface area contributed by atoms with Crippen LogP contribution in [0.2, 0.25) is 0 Å². The molecule has 0 aliphatic carbocycles. The molecule has 0 atom stereocenters. The molecule has 0 aromatic heterocycles. The smallest absolute Gasteiger partial charge is 0.324 e. The molecule has 0 bridgehead atoms. The number of hydrogen-bond acceptors (Lipinski definition) is 3. The van der Waals surface area contributed by atoms with Crippen molar-refractivity contribution in [3.8, 4) is 0 Å². The summed E-state index contributed by atoms with van der Waals surface area (Å²) in [5.41, 5.74) is 4.54. The van der Waals surface area contributed by atoms with Crippen molar-refractivity contribution in [2.24, 2.45) is 5.73 Å². The Morgan fingerprint density at radius 3 is 1.75 bits per heavy atom. The first-order valence-electron chi connectivity index (χ1n) is 4.01. The minimum Gasteiger partial charge on any atom is -0.324 e. The predicted molar refractivity (Wildman–Crippen MR) is 47.8 cm³/mol. The van der Waals surface area contributed by atoms with Crippen molar-refractivity contribution in [3.05, 3.63) is 0 Å². The Labute approximate surface area is 72.5 Å². The fraction of sp³-hybridized carbons (Fsp3) is 1.00. The van der Waals surface area contributed by atoms with Gasteiger partial charge in [-0.2, -0.15) is 0 Å². The topological polar surface area (TPSA) is 95.6 Å². The number of rotatable bonds is 1. The Balaban J connectivity index is 0.000000202. The molecule has 5 N–H and O–H groups in total. The summed E-state index contributed by atoms with van der Waals surface area (Å²) in [5.74, 6) is 0. The first kappa shape index (κ1) is 12.1. The van der Waals surface area contributed by atoms with Crippen molar-refractivity contribution >= 4 is 7.60 Å². The third-order valence-electron chi connectivity index (χ3n) is 1.44. The van der Waals surface area contributed by atoms with E-state index in [1.54, 1.807) is 0 Å². The lowest BCUT2D eigenvalue weighted by molar-refractivity contribution is 0.374. The summed E-state index contributed by atoms with van der Waals surface area (Å²) in [4.78, 5) is 15.6. The Morgan fingerprint density at radius 2 is 1.67 bits per heavy atom. The first-order chi connectivity index (χ1) is 5.56. The standard InChI is InChI=1S/C5H11N.CH6NO3P/c1-2-4-6-5-3-1;2-1-6(3,4)5/h6H,1-5H2;1-2H2,(H2,3,4,5). The van der Waals surface area contributed by atoms with Crippen molar-refractivity contribution < 1.29 is 14.4 Å². The van der Waals surface area contributed by atoms with Crippen LogP contribution in [0.4, 0.5) is 0 Å². The highest BCUT2D eigenvalue weighted by Gasteiger charge is 2.05. The van der Waals surface area contributed by atoms with E-state index in [0.29, 0.717) is 0 Å². The summed E-state index contributed by atoms with van der Waals surface area (Å²) in [7, 11) is -3.87. The molecule has 0 amide bonds. The van der Waals surface area contributed by atoms with Gasteiger partial charge >= 0.3 is 7.60 Å². The van der Waals surface area contributed by atoms with Gasteiger partial charge in [0.15, 0.2) is 0 Å². The second kappa shape index (κ2) is 6.57. The van der Waals surface area contributed by atoms with E-state index in [1.165, 1.54) is 32.4 Å². The van der Waals surface area contributed by atoms with E-state index in [-0.39, 0.29) is 0 Å². The average Bonchev–Trinajstić information content (AvgIpc) is 2.07. The monoisotopic (exact) mass is 196 g/mol. The highest BCUT2D eigenvalue weighted by molar-refractivity contribution is 7.51. The summed E-state index contributed by atoms with van der Waals surface area (Å²) < 4.78 is 9.57. The van der Waals surface area contributed by atoms with E-state index in [1.807, 2.05) is 0 Å². The van der Waals surface area contributed by atoms with Gasteiger partial charge in [0.25, 0.3) is 0 Å². The van der Waals surface area contributed by atoms with Gasteiger partial charge in [0.2, 0.25) is 0 Å². The SMILES string of the molecule is C1CCNCC1.NCP(=O)(O)O. The van der Waals surface area contributed by atoms with Gasteiger partial charge in [0, 0.05) is 0 Å². The van der Waals surface area contributed by atoms with Crippen molar-refractivity contribution in [2.45, 2.75) is 19.3 Å². The van der Waals surface area contributed by atoms with E-state index < -0.39 is 13.9 Å². The number of hydrogen-bond donors (Lipinski definition) is 4. The van der Waals surface area contributed by atoms with Gasteiger partial charge in [-0.05, 0) is 25.9 Å². The molecule has 12 heavy (non-hydrogen) atoms. The molecule has 0 saturated carbocycles. The van der Waals surface area contributed by atoms with E-state index in [9.17, 15) is 4.57 Å². The number of nitrogens with one attached hydrogen (secondary N) is 1. The van der Waals surface area contributed by atoms with E-state index in [0.717, 1.165) is 0 Å². The van der Waals surface area contributed by atoms with Crippen LogP contribution in [0.5, 0.6) is 0 Å². The van der Waals surface area contributed by atoms with Crippen LogP contribution < -0.4 is 11.1 Å². The maximum atomic E-state index is 9.57. The molecule has 1 saturated heterocycles. The van der Waals surface area contributed by atoms with Crippen LogP contribution in [-0.2, 0) is 4.57 Å². The highest BCUT2D eigenvalue weighted by atomic mass is 31.2. The van der Waals surface area contributed by atoms with Gasteiger partial charge in [0.05, 0.1) is 6.29 Å². The third kappa shape index (κ3) is 10.1. The lowest BCUT2D eigenvalue weighted by Gasteiger charge is -2.08. The second-order valence-electron chi connectivity index (χ2n) is 2.66. The van der Waals surface area contributed by atoms with Gasteiger partial charge < -0.3 is 20.8 Å². The molecular formula is C6H17N2O3P. The minimum absolute atomic E-state index is 0.562. The maximum Gasteiger partial charge on any atom is 0.338 e. The quantitative estimate of drug-likeness (QED) is 0.437. The molecule has 1 aliphatic rings. The lowest BCUT2D eigenvalue weighted by Crippen LogP contribution is -2.21. The summed E-state index contributed by atoms with van der Waals surface area (Å²) in [5, 5.41) is 3.28. The minimum atomic E-state index is -3.87. The summed E-state index contributed by atoms with van der Waals surface area (Å²) in [6, 6.07) is 0. The lowest BCUT2D eigenvalue weighted by atomic mass is 10.2. The zero-order valence-electron chi connectivity index (χ0n) is 7.07. The fourth-order valence-electron chi connectivity index (χ4n) is 0.802. The largest absolute Gasteiger partial charge is 0.338 e. The Bertz CT molecular complexity index is 132. The van der Waals surface area contributed by atoms with Crippen LogP contribution in [0.15, 0.2) is 0 Å². The zero-order valence-corrected chi connectivity index (χ0v) is 7.96. The highest BCUT2D eigenvalue weighted by Crippen LogP contribution is 2.30. The maximum absolute atomic E-state index is 9.57. The molecule has 0 radical (unpaired) electrons. The van der Waals surface area contributed by atoms with E-state index in [2.05, 4.69) is 11.1 Å². The molecule has 1 heterocycles. The first-order valence-corrected chi connectivity index (χ1v) is 5.81. The Kier molecular flexibility index (Phi) is 6.61. The van der Waals surface area contributed by atoms with E-state index >= 15 is 0 Å². The van der Waals surface area contributed by atoms with Gasteiger partial charge in [-0.25, -0.2) is 0 Å². The van der Waals surface area contributed by atoms with Crippen LogP contribution in [-0.4, -0.2) is 29.2 Å². The molecule has 1 aliphatic heterocycles. The fourth-order valence-corrected chi connectivity index (χ4v) is 0.802. The van der Waals surface area contributed by atoms with Crippen LogP contribution >= 0.6 is 7.60 Å². The van der Waals surface area contributed by atoms with Crippen molar-refractivity contribution in [1.29, 1.82) is 0 Å². The van der Waals surface area contributed by atoms with E-state index in [4.69, 9.17) is 9.79 Å². The Hall–Kier alpha value is 0.0700. The van der Waals surface area contributed by atoms with Crippen molar-refractivity contribution in [3.63, 3.8) is 0 Å². The molecule has 0 spiro atoms. The molecule has 1 rings (SSSR count). The third-order valence-corrected chi connectivity index (χ3v) is 1.92. The predicted octanol–water partition coefficient (Wildman–Crippen LogP) is -0.160. The molecule has 5 nitrogen and oxygen atoms in total. The molecule has 1 fully saturated rings. The normalized spacial score (nSPS) is 17.9. The molecule has 74 valence electrons. The van der Waals surface area contributed by atoms with Gasteiger partial charge in [-0.3, -0.25) is 4.57 Å². The zero-order chi connectivity index (χ0) is 9.45. The Morgan fingerprint density at radius 1 is 1.25 bits per heavy atom. The molecule has 0 aromatic rings. The molecule has 6 heteroatoms. The number of nitrogens with two attached hydrogens (primary N) is 1. The summed E-state index contributed by atoms with van der Waals surface area (Å²) in [6.07, 6.45) is 3.65. The van der Waals surface area contributed by atoms with Gasteiger partial charge in [-0.1, -0.05) is 6.42 Å². The average molecular weight is 196 g/mol. The van der Waals surface area contributed by atoms with Gasteiger partial charge in [0.1, 0.15) is 0 Å². The van der Waals surface area contributed by atoms with Crippen LogP contribution in [0.25, 0.3) is 0 Å². The van der Waals surface area contributed by atoms with Crippen molar-refractivity contribution in [1.82, 2.24) is 5.32 Å². The van der Waals surface area contributed by atoms with Crippen LogP contribution in [0.1, 0.15) is 19.3 Å². The molecular weight excluding hydrogens is 179 g/mol. The molecule has 0 aromatic carbocycles. The van der Waals surface area contributed by atoms with Crippen molar-refractivity contribution in [2.75, 3.05) is 19.4 Å². The second-order valence-corrected chi connectivity index (χ2v) is 4.35. The van der Waals surface area contributed by atoms with Gasteiger partial charge in [-0.15, -0.1) is 0 Å². The van der Waals surface area contributed by atoms with Crippen LogP contribution in [0, 0.1) is 0 Å². The van der Waals surface area contributed by atoms with Crippen LogP contribution in [0.3, 0.4) is 0 Å². The summed E-state index contributed by atoms with van der Waals surface area (Å²) in [6.45, 7) is 2.50. The summed E-state index contributed by atoms with van der Waals surface area (Å²) >= 11 is 0.